The number of hydrogen-bond donors (Lipinski definition) is 0. The lowest BCUT2D eigenvalue weighted by atomic mass is 9.98. The Kier molecular flexibility index (Phi) is 8.12. The van der Waals surface area contributed by atoms with Gasteiger partial charge in [-0.25, -0.2) is 0 Å². The van der Waals surface area contributed by atoms with Gasteiger partial charge in [0.05, 0.1) is 16.6 Å². The Morgan fingerprint density at radius 2 is 0.667 bits per heavy atom. The zero-order valence-corrected chi connectivity index (χ0v) is 35.1. The van der Waals surface area contributed by atoms with E-state index in [1.807, 2.05) is 11.3 Å². The molecular formula is C60H38N2S. The van der Waals surface area contributed by atoms with E-state index in [9.17, 15) is 0 Å². The molecule has 0 spiro atoms. The number of aromatic nitrogens is 1. The van der Waals surface area contributed by atoms with Crippen molar-refractivity contribution in [2.24, 2.45) is 0 Å². The number of hydrogen-bond acceptors (Lipinski definition) is 2. The molecule has 10 aromatic carbocycles. The van der Waals surface area contributed by atoms with Crippen molar-refractivity contribution in [1.82, 2.24) is 4.40 Å². The third-order valence-corrected chi connectivity index (χ3v) is 14.1. The maximum Gasteiger partial charge on any atom is 0.0620 e. The second kappa shape index (κ2) is 14.3. The molecule has 0 bridgehead atoms. The van der Waals surface area contributed by atoms with Crippen LogP contribution in [0.5, 0.6) is 0 Å². The fourth-order valence-corrected chi connectivity index (χ4v) is 11.0. The van der Waals surface area contributed by atoms with Gasteiger partial charge in [-0.05, 0) is 117 Å². The summed E-state index contributed by atoms with van der Waals surface area (Å²) in [6, 6.07) is 84.6. The van der Waals surface area contributed by atoms with E-state index in [-0.39, 0.29) is 0 Å². The summed E-state index contributed by atoms with van der Waals surface area (Å²) in [6.45, 7) is 0. The Morgan fingerprint density at radius 1 is 0.270 bits per heavy atom. The topological polar surface area (TPSA) is 7.65 Å². The largest absolute Gasteiger partial charge is 0.311 e. The molecule has 3 heteroatoms. The van der Waals surface area contributed by atoms with Crippen LogP contribution in [0, 0.1) is 0 Å². The molecule has 2 nitrogen and oxygen atoms in total. The van der Waals surface area contributed by atoms with E-state index >= 15 is 0 Å². The van der Waals surface area contributed by atoms with Crippen LogP contribution in [-0.2, 0) is 0 Å². The summed E-state index contributed by atoms with van der Waals surface area (Å²) in [7, 11) is 0. The molecule has 0 aliphatic rings. The van der Waals surface area contributed by atoms with Gasteiger partial charge in [0.1, 0.15) is 0 Å². The third-order valence-electron chi connectivity index (χ3n) is 13.0. The first-order chi connectivity index (χ1) is 31.2. The fourth-order valence-electron chi connectivity index (χ4n) is 9.86. The lowest BCUT2D eigenvalue weighted by Crippen LogP contribution is -2.09. The molecular weight excluding hydrogens is 781 g/mol. The van der Waals surface area contributed by atoms with Crippen molar-refractivity contribution < 1.29 is 0 Å². The number of thiophene rings is 1. The summed E-state index contributed by atoms with van der Waals surface area (Å²) in [4.78, 5) is 2.37. The van der Waals surface area contributed by atoms with Crippen molar-refractivity contribution in [3.05, 3.63) is 231 Å². The number of para-hydroxylation sites is 2. The Bertz CT molecular complexity index is 3720. The van der Waals surface area contributed by atoms with Gasteiger partial charge in [-0.2, -0.15) is 0 Å². The van der Waals surface area contributed by atoms with E-state index < -0.39 is 0 Å². The van der Waals surface area contributed by atoms with Crippen LogP contribution < -0.4 is 4.90 Å². The monoisotopic (exact) mass is 818 g/mol. The molecule has 0 aliphatic heterocycles. The molecule has 3 aromatic heterocycles. The highest BCUT2D eigenvalue weighted by Crippen LogP contribution is 2.43. The minimum atomic E-state index is 1.10. The predicted octanol–water partition coefficient (Wildman–Crippen LogP) is 17.3. The first-order valence-corrected chi connectivity index (χ1v) is 22.4. The number of fused-ring (bicyclic) bond motifs is 9. The Morgan fingerprint density at radius 3 is 1.22 bits per heavy atom. The van der Waals surface area contributed by atoms with Gasteiger partial charge in [-0.1, -0.05) is 158 Å². The lowest BCUT2D eigenvalue weighted by molar-refractivity contribution is 1.28. The van der Waals surface area contributed by atoms with E-state index in [2.05, 4.69) is 240 Å². The highest BCUT2D eigenvalue weighted by atomic mass is 32.1. The normalized spacial score (nSPS) is 11.8. The highest BCUT2D eigenvalue weighted by Gasteiger charge is 2.19. The number of rotatable bonds is 7. The van der Waals surface area contributed by atoms with Crippen molar-refractivity contribution in [2.75, 3.05) is 4.90 Å². The summed E-state index contributed by atoms with van der Waals surface area (Å²) >= 11 is 1.87. The summed E-state index contributed by atoms with van der Waals surface area (Å²) in [6.07, 6.45) is 0. The molecule has 3 heterocycles. The average molecular weight is 819 g/mol. The minimum Gasteiger partial charge on any atom is -0.311 e. The van der Waals surface area contributed by atoms with Gasteiger partial charge in [-0.3, -0.25) is 0 Å². The van der Waals surface area contributed by atoms with Crippen LogP contribution in [0.1, 0.15) is 0 Å². The lowest BCUT2D eigenvalue weighted by Gasteiger charge is -2.26. The van der Waals surface area contributed by atoms with Gasteiger partial charge in [0.2, 0.25) is 0 Å². The SMILES string of the molecule is c1ccc(-c2ccc(-c3ccc(N(c4ccc(-c5ccc6c(c5)sc5ccccc56)cc4)c4ccc(-c5cc6c7ccccc7n7c8ccccc8c(c5)c67)cc4)cc3)cc2)cc1. The molecule has 0 N–H and O–H groups in total. The first-order valence-electron chi connectivity index (χ1n) is 21.6. The van der Waals surface area contributed by atoms with Crippen LogP contribution in [0.2, 0.25) is 0 Å². The van der Waals surface area contributed by atoms with Gasteiger partial charge in [0, 0.05) is 58.8 Å². The molecule has 0 saturated carbocycles. The van der Waals surface area contributed by atoms with Gasteiger partial charge in [0.15, 0.2) is 0 Å². The van der Waals surface area contributed by atoms with Gasteiger partial charge >= 0.3 is 0 Å². The Labute approximate surface area is 369 Å². The molecule has 0 amide bonds. The molecule has 0 radical (unpaired) electrons. The Balaban J connectivity index is 0.886. The van der Waals surface area contributed by atoms with E-state index in [0.717, 1.165) is 17.1 Å². The third kappa shape index (κ3) is 5.85. The summed E-state index contributed by atoms with van der Waals surface area (Å²) in [5.41, 5.74) is 16.8. The average Bonchev–Trinajstić information content (AvgIpc) is 4.02. The van der Waals surface area contributed by atoms with Crippen molar-refractivity contribution in [1.29, 1.82) is 0 Å². The Hall–Kier alpha value is -7.98. The second-order valence-electron chi connectivity index (χ2n) is 16.5. The molecule has 0 saturated heterocycles. The summed E-state index contributed by atoms with van der Waals surface area (Å²) in [5, 5.41) is 7.81. The smallest absolute Gasteiger partial charge is 0.0620 e. The van der Waals surface area contributed by atoms with E-state index in [0.29, 0.717) is 0 Å². The van der Waals surface area contributed by atoms with Crippen molar-refractivity contribution in [3.63, 3.8) is 0 Å². The molecule has 13 rings (SSSR count). The molecule has 0 fully saturated rings. The van der Waals surface area contributed by atoms with Crippen LogP contribution in [0.4, 0.5) is 17.1 Å². The number of benzene rings is 10. The molecule has 0 unspecified atom stereocenters. The second-order valence-corrected chi connectivity index (χ2v) is 17.6. The predicted molar refractivity (Wildman–Crippen MR) is 270 cm³/mol. The molecule has 0 atom stereocenters. The van der Waals surface area contributed by atoms with E-state index in [1.54, 1.807) is 0 Å². The van der Waals surface area contributed by atoms with Crippen LogP contribution in [0.25, 0.3) is 103 Å². The van der Waals surface area contributed by atoms with Crippen LogP contribution in [0.3, 0.4) is 0 Å². The number of nitrogens with zero attached hydrogens (tertiary/aromatic N) is 2. The first kappa shape index (κ1) is 35.7. The van der Waals surface area contributed by atoms with Crippen molar-refractivity contribution in [2.45, 2.75) is 0 Å². The van der Waals surface area contributed by atoms with Gasteiger partial charge < -0.3 is 9.30 Å². The standard InChI is InChI=1S/C60H38N2S/c1-2-10-39(11-3-1)40-18-20-41(21-19-40)42-22-29-47(30-23-42)61(48-31-24-43(25-32-48)45-28-35-53-52-14-6-9-17-58(52)63-59(53)38-45)49-33-26-44(27-34-49)46-36-54-50-12-4-7-15-56(50)62-57-16-8-5-13-51(57)55(37-46)60(54)62/h1-38H. The molecule has 294 valence electrons. The number of anilines is 3. The van der Waals surface area contributed by atoms with Crippen LogP contribution in [-0.4, -0.2) is 4.40 Å². The molecule has 13 aromatic rings. The van der Waals surface area contributed by atoms with Crippen LogP contribution >= 0.6 is 11.3 Å². The highest BCUT2D eigenvalue weighted by molar-refractivity contribution is 7.25. The van der Waals surface area contributed by atoms with E-state index in [4.69, 9.17) is 0 Å². The maximum atomic E-state index is 2.44. The van der Waals surface area contributed by atoms with Crippen molar-refractivity contribution >= 4 is 86.7 Å². The zero-order valence-electron chi connectivity index (χ0n) is 34.2. The van der Waals surface area contributed by atoms with Crippen LogP contribution in [0.15, 0.2) is 231 Å². The zero-order chi connectivity index (χ0) is 41.4. The van der Waals surface area contributed by atoms with Crippen molar-refractivity contribution in [3.8, 4) is 44.5 Å². The fraction of sp³-hybridized carbons (Fsp3) is 0. The van der Waals surface area contributed by atoms with Gasteiger partial charge in [0.25, 0.3) is 0 Å². The molecule has 63 heavy (non-hydrogen) atoms. The van der Waals surface area contributed by atoms with E-state index in [1.165, 1.54) is 103 Å². The summed E-state index contributed by atoms with van der Waals surface area (Å²) in [5.74, 6) is 0. The van der Waals surface area contributed by atoms with Gasteiger partial charge in [-0.15, -0.1) is 11.3 Å². The quantitative estimate of drug-likeness (QED) is 0.155. The minimum absolute atomic E-state index is 1.10. The maximum absolute atomic E-state index is 2.44. The summed E-state index contributed by atoms with van der Waals surface area (Å²) < 4.78 is 5.09. The molecule has 0 aliphatic carbocycles.